The molecular weight excluding hydrogens is 338 g/mol. The van der Waals surface area contributed by atoms with Crippen molar-refractivity contribution >= 4 is 29.4 Å². The maximum absolute atomic E-state index is 12.1. The molecule has 0 aliphatic carbocycles. The minimum absolute atomic E-state index is 0.160. The van der Waals surface area contributed by atoms with E-state index in [-0.39, 0.29) is 12.3 Å². The van der Waals surface area contributed by atoms with Crippen LogP contribution in [0.5, 0.6) is 5.75 Å². The van der Waals surface area contributed by atoms with Gasteiger partial charge >= 0.3 is 0 Å². The molecule has 0 saturated heterocycles. The summed E-state index contributed by atoms with van der Waals surface area (Å²) in [5, 5.41) is 14.3. The molecule has 3 aromatic rings. The maximum atomic E-state index is 12.1. The van der Waals surface area contributed by atoms with Crippen molar-refractivity contribution in [2.24, 2.45) is 0 Å². The molecule has 0 spiro atoms. The lowest BCUT2D eigenvalue weighted by molar-refractivity contribution is -0.121. The maximum Gasteiger partial charge on any atom is 0.298 e. The largest absolute Gasteiger partial charge is 0.426 e. The second-order valence-electron chi connectivity index (χ2n) is 5.23. The topological polar surface area (TPSA) is 81.2 Å². The van der Waals surface area contributed by atoms with Gasteiger partial charge in [0.2, 0.25) is 5.91 Å². The Bertz CT molecular complexity index is 865. The molecule has 1 aromatic carbocycles. The molecule has 7 heteroatoms. The molecule has 0 bridgehead atoms. The zero-order valence-corrected chi connectivity index (χ0v) is 14.0. The van der Waals surface area contributed by atoms with Crippen LogP contribution in [0.2, 0.25) is 0 Å². The molecule has 2 heterocycles. The van der Waals surface area contributed by atoms with Crippen LogP contribution in [0.15, 0.2) is 53.4 Å². The first-order valence-electron chi connectivity index (χ1n) is 7.59. The molecule has 126 valence electrons. The van der Waals surface area contributed by atoms with E-state index < -0.39 is 0 Å². The zero-order valence-electron chi connectivity index (χ0n) is 13.2. The second kappa shape index (κ2) is 8.16. The van der Waals surface area contributed by atoms with Crippen LogP contribution in [0, 0.1) is 0 Å². The highest BCUT2D eigenvalue weighted by molar-refractivity contribution is 7.08. The number of carbonyl (C=O) groups excluding carboxylic acids is 2. The van der Waals surface area contributed by atoms with E-state index in [1.807, 2.05) is 36.4 Å². The van der Waals surface area contributed by atoms with Crippen LogP contribution in [0.4, 0.5) is 5.69 Å². The third-order valence-electron chi connectivity index (χ3n) is 3.50. The van der Waals surface area contributed by atoms with Gasteiger partial charge in [0, 0.05) is 22.7 Å². The number of carbonyl (C=O) groups is 2. The zero-order chi connectivity index (χ0) is 17.5. The lowest BCUT2D eigenvalue weighted by Crippen LogP contribution is -2.12. The number of aryl methyl sites for hydroxylation is 1. The van der Waals surface area contributed by atoms with Gasteiger partial charge in [-0.3, -0.25) is 9.59 Å². The second-order valence-corrected chi connectivity index (χ2v) is 5.97. The minimum Gasteiger partial charge on any atom is -0.426 e. The molecule has 3 rings (SSSR count). The summed E-state index contributed by atoms with van der Waals surface area (Å²) in [4.78, 5) is 22.5. The average molecular weight is 353 g/mol. The molecule has 0 aliphatic heterocycles. The van der Waals surface area contributed by atoms with Gasteiger partial charge < -0.3 is 10.1 Å². The van der Waals surface area contributed by atoms with Crippen LogP contribution < -0.4 is 10.1 Å². The van der Waals surface area contributed by atoms with E-state index in [0.717, 1.165) is 16.8 Å². The predicted octanol–water partition coefficient (Wildman–Crippen LogP) is 3.31. The van der Waals surface area contributed by atoms with Gasteiger partial charge in [-0.25, -0.2) is 0 Å². The van der Waals surface area contributed by atoms with Gasteiger partial charge in [0.25, 0.3) is 6.47 Å². The van der Waals surface area contributed by atoms with Gasteiger partial charge in [-0.15, -0.1) is 11.3 Å². The number of aromatic nitrogens is 2. The number of amides is 1. The van der Waals surface area contributed by atoms with E-state index in [1.54, 1.807) is 17.0 Å². The first kappa shape index (κ1) is 16.8. The van der Waals surface area contributed by atoms with Crippen molar-refractivity contribution in [3.63, 3.8) is 0 Å². The SMILES string of the molecule is O=COc1cscc1NC(=O)CCc1cnnc(-c2ccccc2)c1. The Morgan fingerprint density at radius 3 is 2.88 bits per heavy atom. The monoisotopic (exact) mass is 353 g/mol. The summed E-state index contributed by atoms with van der Waals surface area (Å²) in [7, 11) is 0. The van der Waals surface area contributed by atoms with Crippen LogP contribution in [0.25, 0.3) is 11.3 Å². The fourth-order valence-electron chi connectivity index (χ4n) is 2.28. The van der Waals surface area contributed by atoms with Gasteiger partial charge in [0.05, 0.1) is 17.6 Å². The summed E-state index contributed by atoms with van der Waals surface area (Å²) in [6, 6.07) is 11.7. The van der Waals surface area contributed by atoms with Crippen molar-refractivity contribution < 1.29 is 14.3 Å². The van der Waals surface area contributed by atoms with Crippen LogP contribution >= 0.6 is 11.3 Å². The van der Waals surface area contributed by atoms with Gasteiger partial charge in [0.1, 0.15) is 0 Å². The molecule has 0 unspecified atom stereocenters. The van der Waals surface area contributed by atoms with Crippen molar-refractivity contribution in [3.8, 4) is 17.0 Å². The fourth-order valence-corrected chi connectivity index (χ4v) is 2.97. The van der Waals surface area contributed by atoms with Gasteiger partial charge in [-0.1, -0.05) is 30.3 Å². The summed E-state index contributed by atoms with van der Waals surface area (Å²) in [6.45, 7) is 0.339. The first-order chi connectivity index (χ1) is 12.3. The standard InChI is InChI=1S/C18H15N3O3S/c22-12-24-17-11-25-10-16(17)20-18(23)7-6-13-8-15(21-19-9-13)14-4-2-1-3-5-14/h1-5,8-12H,6-7H2,(H,20,23). The van der Waals surface area contributed by atoms with E-state index in [2.05, 4.69) is 15.5 Å². The van der Waals surface area contributed by atoms with Gasteiger partial charge in [-0.2, -0.15) is 10.2 Å². The molecular formula is C18H15N3O3S. The quantitative estimate of drug-likeness (QED) is 0.659. The normalized spacial score (nSPS) is 10.2. The lowest BCUT2D eigenvalue weighted by atomic mass is 10.1. The van der Waals surface area contributed by atoms with E-state index in [0.29, 0.717) is 24.3 Å². The fraction of sp³-hybridized carbons (Fsp3) is 0.111. The Hall–Kier alpha value is -3.06. The summed E-state index contributed by atoms with van der Waals surface area (Å²) >= 11 is 1.35. The Morgan fingerprint density at radius 2 is 2.08 bits per heavy atom. The molecule has 0 aliphatic rings. The summed E-state index contributed by atoms with van der Waals surface area (Å²) in [5.74, 6) is 0.192. The smallest absolute Gasteiger partial charge is 0.298 e. The molecule has 1 N–H and O–H groups in total. The average Bonchev–Trinajstić information content (AvgIpc) is 3.08. The first-order valence-corrected chi connectivity index (χ1v) is 8.54. The highest BCUT2D eigenvalue weighted by Crippen LogP contribution is 2.28. The predicted molar refractivity (Wildman–Crippen MR) is 95.4 cm³/mol. The Labute approximate surface area is 148 Å². The van der Waals surface area contributed by atoms with Crippen molar-refractivity contribution in [1.82, 2.24) is 10.2 Å². The number of thiophene rings is 1. The number of benzene rings is 1. The lowest BCUT2D eigenvalue weighted by Gasteiger charge is -2.06. The number of anilines is 1. The van der Waals surface area contributed by atoms with Gasteiger partial charge in [0.15, 0.2) is 5.75 Å². The van der Waals surface area contributed by atoms with Crippen molar-refractivity contribution in [2.45, 2.75) is 12.8 Å². The van der Waals surface area contributed by atoms with Crippen LogP contribution in [-0.4, -0.2) is 22.6 Å². The number of hydrogen-bond donors (Lipinski definition) is 1. The molecule has 2 aromatic heterocycles. The van der Waals surface area contributed by atoms with Crippen LogP contribution in [0.1, 0.15) is 12.0 Å². The van der Waals surface area contributed by atoms with Crippen LogP contribution in [-0.2, 0) is 16.0 Å². The number of ether oxygens (including phenoxy) is 1. The third-order valence-corrected chi connectivity index (χ3v) is 4.22. The Morgan fingerprint density at radius 1 is 1.24 bits per heavy atom. The van der Waals surface area contributed by atoms with E-state index >= 15 is 0 Å². The molecule has 6 nitrogen and oxygen atoms in total. The van der Waals surface area contributed by atoms with E-state index in [4.69, 9.17) is 4.74 Å². The summed E-state index contributed by atoms with van der Waals surface area (Å²) in [6.07, 6.45) is 2.48. The molecule has 1 amide bonds. The number of hydrogen-bond acceptors (Lipinski definition) is 6. The third kappa shape index (κ3) is 4.48. The highest BCUT2D eigenvalue weighted by atomic mass is 32.1. The highest BCUT2D eigenvalue weighted by Gasteiger charge is 2.10. The van der Waals surface area contributed by atoms with Crippen molar-refractivity contribution in [2.75, 3.05) is 5.32 Å². The molecule has 0 fully saturated rings. The number of rotatable bonds is 7. The number of nitrogens with one attached hydrogen (secondary N) is 1. The molecule has 0 saturated carbocycles. The Kier molecular flexibility index (Phi) is 5.48. The summed E-state index contributed by atoms with van der Waals surface area (Å²) in [5.41, 5.74) is 3.19. The van der Waals surface area contributed by atoms with Crippen LogP contribution in [0.3, 0.4) is 0 Å². The number of nitrogens with zero attached hydrogens (tertiary/aromatic N) is 2. The Balaban J connectivity index is 1.61. The van der Waals surface area contributed by atoms with E-state index in [1.165, 1.54) is 11.3 Å². The van der Waals surface area contributed by atoms with Crippen molar-refractivity contribution in [3.05, 3.63) is 58.9 Å². The van der Waals surface area contributed by atoms with E-state index in [9.17, 15) is 9.59 Å². The molecule has 25 heavy (non-hydrogen) atoms. The molecule has 0 radical (unpaired) electrons. The van der Waals surface area contributed by atoms with Gasteiger partial charge in [-0.05, 0) is 18.1 Å². The van der Waals surface area contributed by atoms with Crippen molar-refractivity contribution in [1.29, 1.82) is 0 Å². The minimum atomic E-state index is -0.160. The molecule has 0 atom stereocenters. The summed E-state index contributed by atoms with van der Waals surface area (Å²) < 4.78 is 4.80.